The standard InChI is InChI=1S/C18H18N4O4/c1-2-14-5-3-4-6-16(14)20-17(23)11-18(24)21-19-12-13-7-9-15(10-8-13)22(25)26/h3-10,12H,2,11H2,1H3,(H,20,23)(H,21,24). The van der Waals surface area contributed by atoms with E-state index in [-0.39, 0.29) is 12.1 Å². The van der Waals surface area contributed by atoms with E-state index in [1.165, 1.54) is 30.5 Å². The highest BCUT2D eigenvalue weighted by Gasteiger charge is 2.10. The summed E-state index contributed by atoms with van der Waals surface area (Å²) in [5.41, 5.74) is 4.46. The molecule has 2 N–H and O–H groups in total. The number of rotatable bonds is 7. The van der Waals surface area contributed by atoms with Crippen LogP contribution >= 0.6 is 0 Å². The molecule has 0 aliphatic rings. The first kappa shape index (κ1) is 18.8. The second-order valence-electron chi connectivity index (χ2n) is 5.38. The third-order valence-electron chi connectivity index (χ3n) is 3.50. The smallest absolute Gasteiger partial charge is 0.269 e. The molecule has 2 aromatic rings. The van der Waals surface area contributed by atoms with Crippen LogP contribution in [-0.4, -0.2) is 23.0 Å². The van der Waals surface area contributed by atoms with Gasteiger partial charge in [-0.15, -0.1) is 0 Å². The van der Waals surface area contributed by atoms with Crippen LogP contribution in [0.15, 0.2) is 53.6 Å². The van der Waals surface area contributed by atoms with E-state index in [1.807, 2.05) is 25.1 Å². The van der Waals surface area contributed by atoms with Crippen molar-refractivity contribution in [3.63, 3.8) is 0 Å². The molecule has 2 rings (SSSR count). The zero-order valence-electron chi connectivity index (χ0n) is 14.1. The average Bonchev–Trinajstić information content (AvgIpc) is 2.62. The Morgan fingerprint density at radius 2 is 1.81 bits per heavy atom. The summed E-state index contributed by atoms with van der Waals surface area (Å²) in [6, 6.07) is 13.1. The Kier molecular flexibility index (Phi) is 6.55. The predicted octanol–water partition coefficient (Wildman–Crippen LogP) is 2.64. The number of nitro groups is 1. The van der Waals surface area contributed by atoms with E-state index in [2.05, 4.69) is 15.8 Å². The Morgan fingerprint density at radius 3 is 2.46 bits per heavy atom. The predicted molar refractivity (Wildman–Crippen MR) is 97.9 cm³/mol. The first-order valence-corrected chi connectivity index (χ1v) is 7.93. The van der Waals surface area contributed by atoms with Crippen molar-refractivity contribution in [2.75, 3.05) is 5.32 Å². The highest BCUT2D eigenvalue weighted by molar-refractivity contribution is 6.04. The summed E-state index contributed by atoms with van der Waals surface area (Å²) >= 11 is 0. The second-order valence-corrected chi connectivity index (χ2v) is 5.38. The minimum Gasteiger partial charge on any atom is -0.325 e. The zero-order chi connectivity index (χ0) is 18.9. The topological polar surface area (TPSA) is 114 Å². The van der Waals surface area contributed by atoms with Gasteiger partial charge in [-0.2, -0.15) is 5.10 Å². The number of hydrogen-bond acceptors (Lipinski definition) is 5. The van der Waals surface area contributed by atoms with Gasteiger partial charge in [0, 0.05) is 17.8 Å². The van der Waals surface area contributed by atoms with E-state index in [1.54, 1.807) is 6.07 Å². The number of carbonyl (C=O) groups excluding carboxylic acids is 2. The molecule has 0 aromatic heterocycles. The molecule has 2 amide bonds. The first-order chi connectivity index (χ1) is 12.5. The Balaban J connectivity index is 1.84. The van der Waals surface area contributed by atoms with Gasteiger partial charge in [-0.3, -0.25) is 19.7 Å². The number of nitrogens with zero attached hydrogens (tertiary/aromatic N) is 2. The van der Waals surface area contributed by atoms with E-state index in [0.29, 0.717) is 11.3 Å². The van der Waals surface area contributed by atoms with Gasteiger partial charge in [0.15, 0.2) is 0 Å². The maximum Gasteiger partial charge on any atom is 0.269 e. The molecule has 0 saturated carbocycles. The fraction of sp³-hybridized carbons (Fsp3) is 0.167. The first-order valence-electron chi connectivity index (χ1n) is 7.93. The van der Waals surface area contributed by atoms with Crippen molar-refractivity contribution in [2.24, 2.45) is 5.10 Å². The van der Waals surface area contributed by atoms with Crippen LogP contribution in [0.25, 0.3) is 0 Å². The summed E-state index contributed by atoms with van der Waals surface area (Å²) in [7, 11) is 0. The molecule has 0 spiro atoms. The molecular formula is C18H18N4O4. The van der Waals surface area contributed by atoms with Crippen LogP contribution in [0.5, 0.6) is 0 Å². The lowest BCUT2D eigenvalue weighted by molar-refractivity contribution is -0.384. The quantitative estimate of drug-likeness (QED) is 0.344. The fourth-order valence-corrected chi connectivity index (χ4v) is 2.19. The number of anilines is 1. The molecule has 0 bridgehead atoms. The van der Waals surface area contributed by atoms with E-state index >= 15 is 0 Å². The lowest BCUT2D eigenvalue weighted by atomic mass is 10.1. The maximum atomic E-state index is 11.9. The molecular weight excluding hydrogens is 336 g/mol. The van der Waals surface area contributed by atoms with Crippen molar-refractivity contribution in [3.05, 3.63) is 69.8 Å². The van der Waals surface area contributed by atoms with E-state index in [4.69, 9.17) is 0 Å². The van der Waals surface area contributed by atoms with Gasteiger partial charge in [0.25, 0.3) is 5.69 Å². The Hall–Kier alpha value is -3.55. The van der Waals surface area contributed by atoms with Crippen LogP contribution in [0.1, 0.15) is 24.5 Å². The van der Waals surface area contributed by atoms with Crippen molar-refractivity contribution < 1.29 is 14.5 Å². The molecule has 134 valence electrons. The molecule has 0 saturated heterocycles. The average molecular weight is 354 g/mol. The molecule has 0 unspecified atom stereocenters. The van der Waals surface area contributed by atoms with Gasteiger partial charge in [-0.05, 0) is 35.7 Å². The summed E-state index contributed by atoms with van der Waals surface area (Å²) in [5.74, 6) is -0.997. The number of aryl methyl sites for hydroxylation is 1. The Bertz CT molecular complexity index is 831. The highest BCUT2D eigenvalue weighted by Crippen LogP contribution is 2.15. The normalized spacial score (nSPS) is 10.5. The minimum atomic E-state index is -0.561. The maximum absolute atomic E-state index is 11.9. The number of nitrogens with one attached hydrogen (secondary N) is 2. The largest absolute Gasteiger partial charge is 0.325 e. The van der Waals surface area contributed by atoms with E-state index < -0.39 is 16.7 Å². The lowest BCUT2D eigenvalue weighted by Crippen LogP contribution is -2.25. The summed E-state index contributed by atoms with van der Waals surface area (Å²) in [4.78, 5) is 33.8. The molecule has 8 heteroatoms. The van der Waals surface area contributed by atoms with Crippen LogP contribution in [0.2, 0.25) is 0 Å². The number of benzene rings is 2. The number of amides is 2. The van der Waals surface area contributed by atoms with Crippen LogP contribution in [0, 0.1) is 10.1 Å². The minimum absolute atomic E-state index is 0.0322. The van der Waals surface area contributed by atoms with Gasteiger partial charge in [0.1, 0.15) is 6.42 Å². The summed E-state index contributed by atoms with van der Waals surface area (Å²) < 4.78 is 0. The van der Waals surface area contributed by atoms with Crippen LogP contribution < -0.4 is 10.7 Å². The van der Waals surface area contributed by atoms with Gasteiger partial charge in [-0.25, -0.2) is 5.43 Å². The van der Waals surface area contributed by atoms with Gasteiger partial charge in [0.2, 0.25) is 11.8 Å². The number of non-ortho nitro benzene ring substituents is 1. The van der Waals surface area contributed by atoms with Crippen LogP contribution in [0.4, 0.5) is 11.4 Å². The Morgan fingerprint density at radius 1 is 1.12 bits per heavy atom. The van der Waals surface area contributed by atoms with Crippen molar-refractivity contribution in [1.29, 1.82) is 0 Å². The molecule has 26 heavy (non-hydrogen) atoms. The molecule has 0 fully saturated rings. The molecule has 0 atom stereocenters. The van der Waals surface area contributed by atoms with Crippen LogP contribution in [0.3, 0.4) is 0 Å². The molecule has 8 nitrogen and oxygen atoms in total. The Labute approximate surface area is 150 Å². The fourth-order valence-electron chi connectivity index (χ4n) is 2.19. The van der Waals surface area contributed by atoms with Gasteiger partial charge in [-0.1, -0.05) is 25.1 Å². The molecule has 0 aliphatic heterocycles. The number of hydrazone groups is 1. The van der Waals surface area contributed by atoms with Crippen molar-refractivity contribution in [3.8, 4) is 0 Å². The second kappa shape index (κ2) is 9.07. The summed E-state index contributed by atoms with van der Waals surface area (Å²) in [6.45, 7) is 1.98. The van der Waals surface area contributed by atoms with Gasteiger partial charge < -0.3 is 5.32 Å². The van der Waals surface area contributed by atoms with Crippen LogP contribution in [-0.2, 0) is 16.0 Å². The number of hydrogen-bond donors (Lipinski definition) is 2. The van der Waals surface area contributed by atoms with Gasteiger partial charge in [0.05, 0.1) is 11.1 Å². The SMILES string of the molecule is CCc1ccccc1NC(=O)CC(=O)NN=Cc1ccc([N+](=O)[O-])cc1. The van der Waals surface area contributed by atoms with Gasteiger partial charge >= 0.3 is 0 Å². The monoisotopic (exact) mass is 354 g/mol. The molecule has 0 aliphatic carbocycles. The highest BCUT2D eigenvalue weighted by atomic mass is 16.6. The van der Waals surface area contributed by atoms with E-state index in [0.717, 1.165) is 12.0 Å². The van der Waals surface area contributed by atoms with Crippen molar-refractivity contribution in [2.45, 2.75) is 19.8 Å². The third-order valence-corrected chi connectivity index (χ3v) is 3.50. The van der Waals surface area contributed by atoms with E-state index in [9.17, 15) is 19.7 Å². The molecule has 0 radical (unpaired) electrons. The number of para-hydroxylation sites is 1. The third kappa shape index (κ3) is 5.52. The molecule has 0 heterocycles. The number of nitro benzene ring substituents is 1. The molecule has 2 aromatic carbocycles. The number of carbonyl (C=O) groups is 2. The summed E-state index contributed by atoms with van der Waals surface area (Å²) in [6.07, 6.45) is 1.74. The summed E-state index contributed by atoms with van der Waals surface area (Å²) in [5, 5.41) is 17.0. The van der Waals surface area contributed by atoms with Crippen molar-refractivity contribution >= 4 is 29.4 Å². The lowest BCUT2D eigenvalue weighted by Gasteiger charge is -2.09. The zero-order valence-corrected chi connectivity index (χ0v) is 14.1. The van der Waals surface area contributed by atoms with Crippen molar-refractivity contribution in [1.82, 2.24) is 5.43 Å².